The standard InChI is InChI=1S/C12H13N3O3S/c1-2-18-10-7-13-6-9(14-10)15-11(12(16)17)8-4-3-5-19-8/h3-7,11H,2H2,1H3,(H,14,15)(H,16,17). The Morgan fingerprint density at radius 2 is 2.42 bits per heavy atom. The lowest BCUT2D eigenvalue weighted by molar-refractivity contribution is -0.138. The second kappa shape index (κ2) is 6.14. The van der Waals surface area contributed by atoms with Crippen LogP contribution in [0.25, 0.3) is 0 Å². The van der Waals surface area contributed by atoms with Gasteiger partial charge in [-0.25, -0.2) is 4.79 Å². The molecular weight excluding hydrogens is 266 g/mol. The van der Waals surface area contributed by atoms with Crippen molar-refractivity contribution < 1.29 is 14.6 Å². The van der Waals surface area contributed by atoms with Crippen LogP contribution < -0.4 is 10.1 Å². The van der Waals surface area contributed by atoms with E-state index < -0.39 is 12.0 Å². The van der Waals surface area contributed by atoms with E-state index in [1.807, 2.05) is 12.3 Å². The van der Waals surface area contributed by atoms with Crippen molar-refractivity contribution in [3.05, 3.63) is 34.8 Å². The molecule has 2 rings (SSSR count). The lowest BCUT2D eigenvalue weighted by Crippen LogP contribution is -2.20. The molecule has 0 aliphatic heterocycles. The van der Waals surface area contributed by atoms with Crippen molar-refractivity contribution in [2.75, 3.05) is 11.9 Å². The third-order valence-corrected chi connectivity index (χ3v) is 3.21. The van der Waals surface area contributed by atoms with Crippen molar-refractivity contribution in [3.63, 3.8) is 0 Å². The molecule has 0 fully saturated rings. The summed E-state index contributed by atoms with van der Waals surface area (Å²) in [6.07, 6.45) is 2.95. The number of thiophene rings is 1. The number of nitrogens with zero attached hydrogens (tertiary/aromatic N) is 2. The highest BCUT2D eigenvalue weighted by Crippen LogP contribution is 2.23. The predicted octanol–water partition coefficient (Wildman–Crippen LogP) is 2.17. The zero-order chi connectivity index (χ0) is 13.7. The van der Waals surface area contributed by atoms with Gasteiger partial charge >= 0.3 is 5.97 Å². The molecule has 0 aliphatic rings. The van der Waals surface area contributed by atoms with Gasteiger partial charge in [-0.15, -0.1) is 11.3 Å². The maximum absolute atomic E-state index is 11.3. The number of nitrogens with one attached hydrogen (secondary N) is 1. The Morgan fingerprint density at radius 1 is 1.58 bits per heavy atom. The van der Waals surface area contributed by atoms with E-state index in [1.165, 1.54) is 23.7 Å². The molecule has 0 spiro atoms. The predicted molar refractivity (Wildman–Crippen MR) is 71.5 cm³/mol. The van der Waals surface area contributed by atoms with Crippen LogP contribution in [0.2, 0.25) is 0 Å². The van der Waals surface area contributed by atoms with Crippen LogP contribution in [0.3, 0.4) is 0 Å². The molecule has 0 aliphatic carbocycles. The Morgan fingerprint density at radius 3 is 3.05 bits per heavy atom. The fourth-order valence-electron chi connectivity index (χ4n) is 1.49. The van der Waals surface area contributed by atoms with Crippen LogP contribution in [-0.2, 0) is 4.79 Å². The summed E-state index contributed by atoms with van der Waals surface area (Å²) in [6, 6.07) is 2.72. The zero-order valence-corrected chi connectivity index (χ0v) is 11.1. The molecule has 19 heavy (non-hydrogen) atoms. The molecule has 100 valence electrons. The molecule has 0 bridgehead atoms. The van der Waals surface area contributed by atoms with E-state index in [4.69, 9.17) is 4.74 Å². The minimum atomic E-state index is -0.967. The van der Waals surface area contributed by atoms with Crippen LogP contribution in [-0.4, -0.2) is 27.7 Å². The number of carbonyl (C=O) groups is 1. The Balaban J connectivity index is 2.18. The molecule has 0 saturated heterocycles. The van der Waals surface area contributed by atoms with Crippen LogP contribution in [0.15, 0.2) is 29.9 Å². The molecule has 2 heterocycles. The molecule has 2 aromatic rings. The molecule has 2 aromatic heterocycles. The highest BCUT2D eigenvalue weighted by atomic mass is 32.1. The van der Waals surface area contributed by atoms with Gasteiger partial charge in [-0.05, 0) is 18.4 Å². The highest BCUT2D eigenvalue weighted by Gasteiger charge is 2.21. The second-order valence-electron chi connectivity index (χ2n) is 3.61. The van der Waals surface area contributed by atoms with Crippen molar-refractivity contribution in [1.82, 2.24) is 9.97 Å². The summed E-state index contributed by atoms with van der Waals surface area (Å²) in [7, 11) is 0. The van der Waals surface area contributed by atoms with Gasteiger partial charge < -0.3 is 15.2 Å². The normalized spacial score (nSPS) is 11.8. The van der Waals surface area contributed by atoms with E-state index >= 15 is 0 Å². The molecule has 2 N–H and O–H groups in total. The minimum Gasteiger partial charge on any atom is -0.479 e. The van der Waals surface area contributed by atoms with Gasteiger partial charge in [0.1, 0.15) is 5.82 Å². The van der Waals surface area contributed by atoms with E-state index in [1.54, 1.807) is 12.1 Å². The summed E-state index contributed by atoms with van der Waals surface area (Å²) in [5.41, 5.74) is 0. The van der Waals surface area contributed by atoms with Gasteiger partial charge in [0, 0.05) is 4.88 Å². The minimum absolute atomic E-state index is 0.364. The van der Waals surface area contributed by atoms with Gasteiger partial charge in [0.15, 0.2) is 6.04 Å². The summed E-state index contributed by atoms with van der Waals surface area (Å²) < 4.78 is 5.22. The zero-order valence-electron chi connectivity index (χ0n) is 10.2. The number of rotatable bonds is 6. The van der Waals surface area contributed by atoms with Crippen LogP contribution in [0.1, 0.15) is 17.8 Å². The topological polar surface area (TPSA) is 84.3 Å². The summed E-state index contributed by atoms with van der Waals surface area (Å²) in [4.78, 5) is 20.1. The molecule has 1 unspecified atom stereocenters. The van der Waals surface area contributed by atoms with Gasteiger partial charge in [-0.2, -0.15) is 4.98 Å². The summed E-state index contributed by atoms with van der Waals surface area (Å²) in [5, 5.41) is 13.9. The largest absolute Gasteiger partial charge is 0.479 e. The maximum Gasteiger partial charge on any atom is 0.331 e. The average molecular weight is 279 g/mol. The Bertz CT molecular complexity index is 545. The van der Waals surface area contributed by atoms with Crippen LogP contribution in [0.5, 0.6) is 5.88 Å². The third kappa shape index (κ3) is 3.41. The first-order valence-corrected chi connectivity index (χ1v) is 6.56. The lowest BCUT2D eigenvalue weighted by atomic mass is 10.2. The van der Waals surface area contributed by atoms with E-state index in [2.05, 4.69) is 15.3 Å². The Labute approximate surface area is 114 Å². The van der Waals surface area contributed by atoms with Gasteiger partial charge in [0.05, 0.1) is 19.0 Å². The first kappa shape index (κ1) is 13.3. The van der Waals surface area contributed by atoms with Gasteiger partial charge in [-0.3, -0.25) is 4.98 Å². The number of ether oxygens (including phenoxy) is 1. The molecule has 0 radical (unpaired) electrons. The number of hydrogen-bond acceptors (Lipinski definition) is 6. The molecule has 0 amide bonds. The Kier molecular flexibility index (Phi) is 4.30. The van der Waals surface area contributed by atoms with Crippen molar-refractivity contribution in [1.29, 1.82) is 0 Å². The van der Waals surface area contributed by atoms with Crippen molar-refractivity contribution >= 4 is 23.1 Å². The van der Waals surface area contributed by atoms with E-state index in [0.29, 0.717) is 23.2 Å². The first-order valence-electron chi connectivity index (χ1n) is 5.68. The molecule has 0 aromatic carbocycles. The highest BCUT2D eigenvalue weighted by molar-refractivity contribution is 7.10. The molecule has 0 saturated carbocycles. The maximum atomic E-state index is 11.3. The summed E-state index contributed by atoms with van der Waals surface area (Å²) >= 11 is 1.37. The fraction of sp³-hybridized carbons (Fsp3) is 0.250. The number of hydrogen-bond donors (Lipinski definition) is 2. The SMILES string of the molecule is CCOc1cncc(NC(C(=O)O)c2cccs2)n1. The number of aromatic nitrogens is 2. The van der Waals surface area contributed by atoms with Crippen molar-refractivity contribution in [3.8, 4) is 5.88 Å². The molecule has 1 atom stereocenters. The van der Waals surface area contributed by atoms with Gasteiger partial charge in [-0.1, -0.05) is 6.07 Å². The molecule has 7 heteroatoms. The Hall–Kier alpha value is -2.15. The number of carboxylic acids is 1. The van der Waals surface area contributed by atoms with E-state index in [9.17, 15) is 9.90 Å². The second-order valence-corrected chi connectivity index (χ2v) is 4.59. The number of aliphatic carboxylic acids is 1. The van der Waals surface area contributed by atoms with E-state index in [-0.39, 0.29) is 0 Å². The molecule has 6 nitrogen and oxygen atoms in total. The summed E-state index contributed by atoms with van der Waals surface area (Å²) in [5.74, 6) is -0.236. The quantitative estimate of drug-likeness (QED) is 0.843. The van der Waals surface area contributed by atoms with Crippen LogP contribution in [0, 0.1) is 0 Å². The van der Waals surface area contributed by atoms with Crippen molar-refractivity contribution in [2.45, 2.75) is 13.0 Å². The fourth-order valence-corrected chi connectivity index (χ4v) is 2.26. The van der Waals surface area contributed by atoms with Gasteiger partial charge in [0.2, 0.25) is 5.88 Å². The third-order valence-electron chi connectivity index (χ3n) is 2.27. The average Bonchev–Trinajstić information content (AvgIpc) is 2.90. The monoisotopic (exact) mass is 279 g/mol. The van der Waals surface area contributed by atoms with Crippen molar-refractivity contribution in [2.24, 2.45) is 0 Å². The number of carboxylic acid groups (broad SMARTS) is 1. The lowest BCUT2D eigenvalue weighted by Gasteiger charge is -2.13. The first-order chi connectivity index (χ1) is 9.20. The van der Waals surface area contributed by atoms with Gasteiger partial charge in [0.25, 0.3) is 0 Å². The van der Waals surface area contributed by atoms with Crippen LogP contribution in [0.4, 0.5) is 5.82 Å². The smallest absolute Gasteiger partial charge is 0.331 e. The molecular formula is C12H13N3O3S. The number of anilines is 1. The summed E-state index contributed by atoms with van der Waals surface area (Å²) in [6.45, 7) is 2.32. The van der Waals surface area contributed by atoms with Crippen LogP contribution >= 0.6 is 11.3 Å². The van der Waals surface area contributed by atoms with E-state index in [0.717, 1.165) is 0 Å².